The predicted octanol–water partition coefficient (Wildman–Crippen LogP) is 4.67. The molecule has 5 heterocycles. The number of hydrogen-bond acceptors (Lipinski definition) is 7. The molecule has 178 valence electrons. The van der Waals surface area contributed by atoms with Crippen molar-refractivity contribution in [2.45, 2.75) is 19.1 Å². The normalized spacial score (nSPS) is 15.5. The molecule has 0 fully saturated rings. The van der Waals surface area contributed by atoms with Crippen LogP contribution in [0.15, 0.2) is 48.8 Å². The average Bonchev–Trinajstić information content (AvgIpc) is 2.86. The fraction of sp³-hybridized carbons (Fsp3) is 0.250. The Kier molecular flexibility index (Phi) is 4.94. The van der Waals surface area contributed by atoms with Crippen LogP contribution in [0, 0.1) is 5.82 Å². The molecule has 35 heavy (non-hydrogen) atoms. The molecule has 0 unspecified atom stereocenters. The quantitative estimate of drug-likeness (QED) is 0.385. The molecule has 1 aromatic carbocycles. The Balaban J connectivity index is 1.39. The molecule has 4 aromatic rings. The summed E-state index contributed by atoms with van der Waals surface area (Å²) in [7, 11) is 0. The summed E-state index contributed by atoms with van der Waals surface area (Å²) in [6.45, 7) is 1.74. The number of rotatable bonds is 2. The second kappa shape index (κ2) is 8.03. The lowest BCUT2D eigenvalue weighted by Gasteiger charge is -2.33. The maximum absolute atomic E-state index is 14.0. The summed E-state index contributed by atoms with van der Waals surface area (Å²) < 4.78 is 60.2. The zero-order chi connectivity index (χ0) is 24.2. The van der Waals surface area contributed by atoms with Crippen LogP contribution in [0.4, 0.5) is 34.8 Å². The number of aromatic nitrogens is 4. The van der Waals surface area contributed by atoms with Crippen LogP contribution >= 0.6 is 0 Å². The van der Waals surface area contributed by atoms with Crippen LogP contribution in [-0.2, 0) is 19.1 Å². The number of fused-ring (bicyclic) bond motifs is 3. The van der Waals surface area contributed by atoms with E-state index in [4.69, 9.17) is 4.74 Å². The van der Waals surface area contributed by atoms with E-state index < -0.39 is 17.8 Å². The van der Waals surface area contributed by atoms with Crippen molar-refractivity contribution in [3.63, 3.8) is 0 Å². The number of alkyl halides is 3. The molecule has 0 saturated carbocycles. The lowest BCUT2D eigenvalue weighted by atomic mass is 10.0. The number of halogens is 4. The van der Waals surface area contributed by atoms with Gasteiger partial charge in [0.15, 0.2) is 0 Å². The number of ether oxygens (including phenoxy) is 1. The summed E-state index contributed by atoms with van der Waals surface area (Å²) in [5.74, 6) is -1.23. The van der Waals surface area contributed by atoms with Crippen molar-refractivity contribution in [1.82, 2.24) is 19.9 Å². The Labute approximate surface area is 197 Å². The van der Waals surface area contributed by atoms with Crippen LogP contribution in [-0.4, -0.2) is 39.6 Å². The first kappa shape index (κ1) is 21.5. The molecule has 0 atom stereocenters. The molecule has 0 aliphatic carbocycles. The Morgan fingerprint density at radius 1 is 1.00 bits per heavy atom. The van der Waals surface area contributed by atoms with Crippen molar-refractivity contribution in [3.05, 3.63) is 71.7 Å². The zero-order valence-corrected chi connectivity index (χ0v) is 18.3. The highest BCUT2D eigenvalue weighted by atomic mass is 19.4. The summed E-state index contributed by atoms with van der Waals surface area (Å²) in [4.78, 5) is 20.1. The van der Waals surface area contributed by atoms with Crippen LogP contribution in [0.2, 0.25) is 0 Å². The van der Waals surface area contributed by atoms with E-state index in [0.29, 0.717) is 32.0 Å². The Bertz CT molecular complexity index is 1440. The van der Waals surface area contributed by atoms with Crippen molar-refractivity contribution in [2.75, 3.05) is 29.5 Å². The second-order valence-corrected chi connectivity index (χ2v) is 8.33. The molecule has 7 nitrogen and oxygen atoms in total. The molecular formula is C24H18F4N6O. The largest absolute Gasteiger partial charge is 0.474 e. The number of nitrogens with zero attached hydrogens (tertiary/aromatic N) is 6. The van der Waals surface area contributed by atoms with Crippen molar-refractivity contribution in [2.24, 2.45) is 0 Å². The second-order valence-electron chi connectivity index (χ2n) is 8.33. The van der Waals surface area contributed by atoms with Crippen LogP contribution in [0.25, 0.3) is 10.9 Å². The van der Waals surface area contributed by atoms with Crippen LogP contribution in [0.3, 0.4) is 0 Å². The van der Waals surface area contributed by atoms with Gasteiger partial charge >= 0.3 is 6.18 Å². The van der Waals surface area contributed by atoms with Gasteiger partial charge in [0, 0.05) is 36.8 Å². The summed E-state index contributed by atoms with van der Waals surface area (Å²) in [6, 6.07) is 9.22. The topological polar surface area (TPSA) is 67.3 Å². The summed E-state index contributed by atoms with van der Waals surface area (Å²) in [5.41, 5.74) is 3.42. The van der Waals surface area contributed by atoms with E-state index in [1.165, 1.54) is 12.1 Å². The molecule has 6 rings (SSSR count). The summed E-state index contributed by atoms with van der Waals surface area (Å²) >= 11 is 0. The highest BCUT2D eigenvalue weighted by Crippen LogP contribution is 2.37. The Morgan fingerprint density at radius 2 is 1.89 bits per heavy atom. The first-order valence-electron chi connectivity index (χ1n) is 11.0. The highest BCUT2D eigenvalue weighted by molar-refractivity contribution is 5.89. The van der Waals surface area contributed by atoms with Gasteiger partial charge in [0.05, 0.1) is 23.9 Å². The third kappa shape index (κ3) is 3.86. The number of hydrogen-bond donors (Lipinski definition) is 0. The molecular weight excluding hydrogens is 464 g/mol. The van der Waals surface area contributed by atoms with Gasteiger partial charge in [-0.3, -0.25) is 4.98 Å². The monoisotopic (exact) mass is 482 g/mol. The number of pyridine rings is 2. The van der Waals surface area contributed by atoms with E-state index in [9.17, 15) is 17.6 Å². The van der Waals surface area contributed by atoms with Crippen LogP contribution in [0.1, 0.15) is 17.1 Å². The smallest absolute Gasteiger partial charge is 0.451 e. The Morgan fingerprint density at radius 3 is 2.74 bits per heavy atom. The molecule has 0 radical (unpaired) electrons. The lowest BCUT2D eigenvalue weighted by molar-refractivity contribution is -0.144. The molecule has 0 saturated heterocycles. The first-order valence-corrected chi connectivity index (χ1v) is 11.0. The molecule has 0 amide bonds. The standard InChI is InChI=1S/C24H18F4N6O/c25-15-3-4-19-17(11-15)21(32-23(31-19)24(26,27)28)33-7-5-18-14(13-33)10-16(12-30-18)34-8-9-35-22-20(34)2-1-6-29-22/h1-4,6,10-12H,5,7-9,13H2. The lowest BCUT2D eigenvalue weighted by Crippen LogP contribution is -2.33. The average molecular weight is 482 g/mol. The molecule has 0 N–H and O–H groups in total. The first-order chi connectivity index (χ1) is 16.9. The predicted molar refractivity (Wildman–Crippen MR) is 120 cm³/mol. The van der Waals surface area contributed by atoms with Gasteiger partial charge in [0.1, 0.15) is 23.9 Å². The third-order valence-corrected chi connectivity index (χ3v) is 6.12. The number of anilines is 3. The van der Waals surface area contributed by atoms with Crippen molar-refractivity contribution >= 4 is 28.1 Å². The minimum atomic E-state index is -4.72. The van der Waals surface area contributed by atoms with E-state index in [2.05, 4.69) is 24.8 Å². The van der Waals surface area contributed by atoms with Crippen LogP contribution in [0.5, 0.6) is 5.88 Å². The summed E-state index contributed by atoms with van der Waals surface area (Å²) in [5, 5.41) is 0.235. The molecule has 2 aliphatic rings. The maximum atomic E-state index is 14.0. The minimum Gasteiger partial charge on any atom is -0.474 e. The Hall–Kier alpha value is -4.02. The van der Waals surface area contributed by atoms with Crippen molar-refractivity contribution < 1.29 is 22.3 Å². The summed E-state index contributed by atoms with van der Waals surface area (Å²) in [6.07, 6.45) is -0.764. The van der Waals surface area contributed by atoms with Gasteiger partial charge in [-0.05, 0) is 42.0 Å². The highest BCUT2D eigenvalue weighted by Gasteiger charge is 2.36. The van der Waals surface area contributed by atoms with E-state index in [1.807, 2.05) is 18.2 Å². The van der Waals surface area contributed by atoms with Gasteiger partial charge in [-0.25, -0.2) is 19.3 Å². The molecule has 0 bridgehead atoms. The van der Waals surface area contributed by atoms with Gasteiger partial charge in [-0.1, -0.05) is 0 Å². The third-order valence-electron chi connectivity index (χ3n) is 6.12. The van der Waals surface area contributed by atoms with E-state index in [1.54, 1.807) is 17.3 Å². The van der Waals surface area contributed by atoms with E-state index >= 15 is 0 Å². The van der Waals surface area contributed by atoms with Gasteiger partial charge < -0.3 is 14.5 Å². The van der Waals surface area contributed by atoms with Crippen LogP contribution < -0.4 is 14.5 Å². The van der Waals surface area contributed by atoms with Gasteiger partial charge in [-0.2, -0.15) is 13.2 Å². The minimum absolute atomic E-state index is 0.0406. The maximum Gasteiger partial charge on any atom is 0.451 e. The van der Waals surface area contributed by atoms with Gasteiger partial charge in [0.2, 0.25) is 11.7 Å². The van der Waals surface area contributed by atoms with Gasteiger partial charge in [0.25, 0.3) is 0 Å². The zero-order valence-electron chi connectivity index (χ0n) is 18.3. The van der Waals surface area contributed by atoms with Crippen molar-refractivity contribution in [3.8, 4) is 5.88 Å². The van der Waals surface area contributed by atoms with Gasteiger partial charge in [-0.15, -0.1) is 0 Å². The molecule has 3 aromatic heterocycles. The number of benzene rings is 1. The van der Waals surface area contributed by atoms with E-state index in [-0.39, 0.29) is 23.3 Å². The van der Waals surface area contributed by atoms with Crippen molar-refractivity contribution in [1.29, 1.82) is 0 Å². The molecule has 11 heteroatoms. The molecule has 2 aliphatic heterocycles. The SMILES string of the molecule is Fc1ccc2nc(C(F)(F)F)nc(N3CCc4ncc(N5CCOc6ncccc65)cc4C3)c2c1. The van der Waals surface area contributed by atoms with E-state index in [0.717, 1.165) is 28.7 Å². The fourth-order valence-electron chi connectivity index (χ4n) is 4.52. The molecule has 0 spiro atoms. The fourth-order valence-corrected chi connectivity index (χ4v) is 4.52.